The van der Waals surface area contributed by atoms with Crippen LogP contribution in [0.15, 0.2) is 29.0 Å². The third-order valence-electron chi connectivity index (χ3n) is 3.11. The van der Waals surface area contributed by atoms with Gasteiger partial charge in [0.25, 0.3) is 0 Å². The standard InChI is InChI=1S/C12H13BrN2S/c13-10-1-4-15-11(7-10)8-14-12(15)9-2-5-16-6-3-9/h1,4,7-9H,2-3,5-6H2. The number of imidazole rings is 1. The summed E-state index contributed by atoms with van der Waals surface area (Å²) in [6, 6.07) is 4.20. The van der Waals surface area contributed by atoms with E-state index in [1.165, 1.54) is 35.7 Å². The Morgan fingerprint density at radius 1 is 1.38 bits per heavy atom. The van der Waals surface area contributed by atoms with Crippen molar-refractivity contribution in [3.05, 3.63) is 34.8 Å². The van der Waals surface area contributed by atoms with Gasteiger partial charge in [-0.25, -0.2) is 4.98 Å². The molecule has 1 fully saturated rings. The lowest BCUT2D eigenvalue weighted by molar-refractivity contribution is 0.596. The molecule has 2 aromatic rings. The highest BCUT2D eigenvalue weighted by atomic mass is 79.9. The monoisotopic (exact) mass is 296 g/mol. The van der Waals surface area contributed by atoms with E-state index in [0.29, 0.717) is 5.92 Å². The van der Waals surface area contributed by atoms with Crippen molar-refractivity contribution in [1.82, 2.24) is 9.38 Å². The minimum absolute atomic E-state index is 0.643. The molecule has 0 spiro atoms. The molecule has 0 N–H and O–H groups in total. The average molecular weight is 297 g/mol. The second-order valence-electron chi connectivity index (χ2n) is 4.14. The third-order valence-corrected chi connectivity index (χ3v) is 4.65. The van der Waals surface area contributed by atoms with Crippen molar-refractivity contribution < 1.29 is 0 Å². The molecular weight excluding hydrogens is 284 g/mol. The second-order valence-corrected chi connectivity index (χ2v) is 6.28. The van der Waals surface area contributed by atoms with Gasteiger partial charge in [0.2, 0.25) is 0 Å². The molecule has 0 atom stereocenters. The molecule has 0 bridgehead atoms. The highest BCUT2D eigenvalue weighted by Gasteiger charge is 2.19. The van der Waals surface area contributed by atoms with Crippen molar-refractivity contribution >= 4 is 33.2 Å². The molecule has 0 unspecified atom stereocenters. The van der Waals surface area contributed by atoms with Gasteiger partial charge in [0, 0.05) is 16.6 Å². The zero-order valence-corrected chi connectivity index (χ0v) is 11.3. The van der Waals surface area contributed by atoms with Crippen LogP contribution in [0.1, 0.15) is 24.6 Å². The van der Waals surface area contributed by atoms with Crippen LogP contribution in [0.2, 0.25) is 0 Å². The number of fused-ring (bicyclic) bond motifs is 1. The maximum Gasteiger partial charge on any atom is 0.116 e. The van der Waals surface area contributed by atoms with Crippen LogP contribution in [-0.2, 0) is 0 Å². The van der Waals surface area contributed by atoms with Gasteiger partial charge in [-0.15, -0.1) is 0 Å². The van der Waals surface area contributed by atoms with E-state index in [0.717, 1.165) is 4.47 Å². The number of nitrogens with zero attached hydrogens (tertiary/aromatic N) is 2. The average Bonchev–Trinajstić information content (AvgIpc) is 2.73. The number of thioether (sulfide) groups is 1. The summed E-state index contributed by atoms with van der Waals surface area (Å²) in [5, 5.41) is 0. The lowest BCUT2D eigenvalue weighted by atomic mass is 10.0. The fourth-order valence-electron chi connectivity index (χ4n) is 2.25. The van der Waals surface area contributed by atoms with Gasteiger partial charge in [-0.05, 0) is 36.5 Å². The van der Waals surface area contributed by atoms with Crippen molar-refractivity contribution in [3.8, 4) is 0 Å². The summed E-state index contributed by atoms with van der Waals surface area (Å²) in [6.45, 7) is 0. The quantitative estimate of drug-likeness (QED) is 0.798. The Morgan fingerprint density at radius 2 is 2.19 bits per heavy atom. The van der Waals surface area contributed by atoms with Crippen molar-refractivity contribution in [2.75, 3.05) is 11.5 Å². The second kappa shape index (κ2) is 4.41. The lowest BCUT2D eigenvalue weighted by Crippen LogP contribution is -2.11. The van der Waals surface area contributed by atoms with E-state index >= 15 is 0 Å². The number of hydrogen-bond donors (Lipinski definition) is 0. The van der Waals surface area contributed by atoms with Crippen LogP contribution >= 0.6 is 27.7 Å². The van der Waals surface area contributed by atoms with Gasteiger partial charge in [0.1, 0.15) is 5.82 Å². The molecule has 0 aliphatic carbocycles. The Morgan fingerprint density at radius 3 is 3.00 bits per heavy atom. The summed E-state index contributed by atoms with van der Waals surface area (Å²) < 4.78 is 3.34. The first-order valence-electron chi connectivity index (χ1n) is 5.55. The SMILES string of the molecule is Brc1ccn2c(C3CCSCC3)ncc2c1. The Balaban J connectivity index is 2.03. The number of pyridine rings is 1. The highest BCUT2D eigenvalue weighted by Crippen LogP contribution is 2.31. The smallest absolute Gasteiger partial charge is 0.116 e. The molecule has 0 aromatic carbocycles. The Hall–Kier alpha value is -0.480. The first kappa shape index (κ1) is 10.7. The molecular formula is C12H13BrN2S. The summed E-state index contributed by atoms with van der Waals surface area (Å²) in [4.78, 5) is 4.59. The third kappa shape index (κ3) is 1.89. The van der Waals surface area contributed by atoms with Crippen molar-refractivity contribution in [2.45, 2.75) is 18.8 Å². The molecule has 1 saturated heterocycles. The molecule has 1 aliphatic heterocycles. The number of hydrogen-bond acceptors (Lipinski definition) is 2. The maximum atomic E-state index is 4.59. The fourth-order valence-corrected chi connectivity index (χ4v) is 3.71. The maximum absolute atomic E-state index is 4.59. The predicted octanol–water partition coefficient (Wildman–Crippen LogP) is 3.71. The van der Waals surface area contributed by atoms with E-state index in [9.17, 15) is 0 Å². The minimum Gasteiger partial charge on any atom is -0.303 e. The molecule has 0 amide bonds. The number of aromatic nitrogens is 2. The van der Waals surface area contributed by atoms with Gasteiger partial charge in [-0.1, -0.05) is 15.9 Å². The summed E-state index contributed by atoms with van der Waals surface area (Å²) >= 11 is 5.55. The predicted molar refractivity (Wildman–Crippen MR) is 72.2 cm³/mol. The molecule has 0 radical (unpaired) electrons. The van der Waals surface area contributed by atoms with E-state index in [2.05, 4.69) is 55.4 Å². The van der Waals surface area contributed by atoms with Gasteiger partial charge in [0.15, 0.2) is 0 Å². The van der Waals surface area contributed by atoms with E-state index in [1.54, 1.807) is 0 Å². The van der Waals surface area contributed by atoms with Gasteiger partial charge in [-0.3, -0.25) is 0 Å². The van der Waals surface area contributed by atoms with Crippen LogP contribution < -0.4 is 0 Å². The zero-order valence-electron chi connectivity index (χ0n) is 8.90. The highest BCUT2D eigenvalue weighted by molar-refractivity contribution is 9.10. The number of rotatable bonds is 1. The fraction of sp³-hybridized carbons (Fsp3) is 0.417. The van der Waals surface area contributed by atoms with Gasteiger partial charge >= 0.3 is 0 Å². The summed E-state index contributed by atoms with van der Waals surface area (Å²) in [6.07, 6.45) is 6.62. The van der Waals surface area contributed by atoms with E-state index in [-0.39, 0.29) is 0 Å². The van der Waals surface area contributed by atoms with Gasteiger partial charge in [-0.2, -0.15) is 11.8 Å². The molecule has 4 heteroatoms. The van der Waals surface area contributed by atoms with Crippen molar-refractivity contribution in [1.29, 1.82) is 0 Å². The normalized spacial score (nSPS) is 18.1. The van der Waals surface area contributed by atoms with E-state index < -0.39 is 0 Å². The minimum atomic E-state index is 0.643. The molecule has 0 saturated carbocycles. The molecule has 2 aromatic heterocycles. The topological polar surface area (TPSA) is 17.3 Å². The molecule has 16 heavy (non-hydrogen) atoms. The number of halogens is 1. The Bertz CT molecular complexity index is 503. The lowest BCUT2D eigenvalue weighted by Gasteiger charge is -2.20. The molecule has 3 heterocycles. The zero-order chi connectivity index (χ0) is 11.0. The van der Waals surface area contributed by atoms with Crippen LogP contribution in [0.4, 0.5) is 0 Å². The summed E-state index contributed by atoms with van der Waals surface area (Å²) in [7, 11) is 0. The molecule has 2 nitrogen and oxygen atoms in total. The van der Waals surface area contributed by atoms with Crippen LogP contribution in [0.25, 0.3) is 5.52 Å². The molecule has 84 valence electrons. The molecule has 3 rings (SSSR count). The largest absolute Gasteiger partial charge is 0.303 e. The Labute approximate surface area is 108 Å². The molecule has 1 aliphatic rings. The van der Waals surface area contributed by atoms with Gasteiger partial charge in [0.05, 0.1) is 11.7 Å². The van der Waals surface area contributed by atoms with E-state index in [1.807, 2.05) is 6.20 Å². The van der Waals surface area contributed by atoms with E-state index in [4.69, 9.17) is 0 Å². The Kier molecular flexibility index (Phi) is 2.94. The van der Waals surface area contributed by atoms with Crippen molar-refractivity contribution in [3.63, 3.8) is 0 Å². The first-order valence-corrected chi connectivity index (χ1v) is 7.49. The van der Waals surface area contributed by atoms with Crippen LogP contribution in [-0.4, -0.2) is 20.9 Å². The first-order chi connectivity index (χ1) is 7.84. The van der Waals surface area contributed by atoms with Crippen LogP contribution in [0.5, 0.6) is 0 Å². The van der Waals surface area contributed by atoms with Crippen LogP contribution in [0, 0.1) is 0 Å². The van der Waals surface area contributed by atoms with Gasteiger partial charge < -0.3 is 4.40 Å². The summed E-state index contributed by atoms with van der Waals surface area (Å²) in [5.41, 5.74) is 1.18. The van der Waals surface area contributed by atoms with Crippen LogP contribution in [0.3, 0.4) is 0 Å². The summed E-state index contributed by atoms with van der Waals surface area (Å²) in [5.74, 6) is 4.43. The van der Waals surface area contributed by atoms with Crippen molar-refractivity contribution in [2.24, 2.45) is 0 Å².